The van der Waals surface area contributed by atoms with Gasteiger partial charge in [0, 0.05) is 17.0 Å². The van der Waals surface area contributed by atoms with Crippen LogP contribution >= 0.6 is 11.6 Å². The Bertz CT molecular complexity index is 422. The second kappa shape index (κ2) is 4.27. The molecule has 2 nitrogen and oxygen atoms in total. The van der Waals surface area contributed by atoms with Gasteiger partial charge in [0.05, 0.1) is 12.2 Å². The molecule has 1 aromatic carbocycles. The number of nitrogens with two attached hydrogens (primary N) is 1. The van der Waals surface area contributed by atoms with Gasteiger partial charge in [-0.05, 0) is 37.3 Å². The molecule has 2 N–H and O–H groups in total. The summed E-state index contributed by atoms with van der Waals surface area (Å²) in [7, 11) is 0. The number of hydrogen-bond donors (Lipinski definition) is 1. The molecule has 3 unspecified atom stereocenters. The van der Waals surface area contributed by atoms with E-state index in [0.717, 1.165) is 24.3 Å². The summed E-state index contributed by atoms with van der Waals surface area (Å²) in [6.45, 7) is 0.694. The Kier molecular flexibility index (Phi) is 2.89. The number of benzene rings is 1. The summed E-state index contributed by atoms with van der Waals surface area (Å²) < 4.78 is 5.97. The molecule has 0 amide bonds. The van der Waals surface area contributed by atoms with Crippen LogP contribution in [0.25, 0.3) is 0 Å². The van der Waals surface area contributed by atoms with Gasteiger partial charge in [-0.2, -0.15) is 0 Å². The highest BCUT2D eigenvalue weighted by molar-refractivity contribution is 6.31. The molecule has 0 saturated carbocycles. The zero-order valence-electron chi connectivity index (χ0n) is 9.86. The highest BCUT2D eigenvalue weighted by atomic mass is 35.5. The van der Waals surface area contributed by atoms with Crippen molar-refractivity contribution in [3.05, 3.63) is 34.9 Å². The molecule has 1 aromatic rings. The lowest BCUT2D eigenvalue weighted by molar-refractivity contribution is 0.0636. The molecule has 17 heavy (non-hydrogen) atoms. The summed E-state index contributed by atoms with van der Waals surface area (Å²) in [4.78, 5) is 0. The van der Waals surface area contributed by atoms with E-state index in [-0.39, 0.29) is 5.41 Å². The zero-order valence-corrected chi connectivity index (χ0v) is 10.6. The molecule has 0 spiro atoms. The van der Waals surface area contributed by atoms with Crippen LogP contribution in [0.2, 0.25) is 5.02 Å². The zero-order chi connectivity index (χ0) is 11.9. The van der Waals surface area contributed by atoms with Crippen molar-refractivity contribution < 1.29 is 4.74 Å². The summed E-state index contributed by atoms with van der Waals surface area (Å²) in [6, 6.07) is 8.07. The van der Waals surface area contributed by atoms with Crippen LogP contribution < -0.4 is 5.73 Å². The molecule has 3 atom stereocenters. The smallest absolute Gasteiger partial charge is 0.0652 e. The van der Waals surface area contributed by atoms with Gasteiger partial charge in [0.15, 0.2) is 0 Å². The Morgan fingerprint density at radius 1 is 1.35 bits per heavy atom. The fourth-order valence-corrected chi connectivity index (χ4v) is 3.59. The van der Waals surface area contributed by atoms with Crippen molar-refractivity contribution in [3.63, 3.8) is 0 Å². The van der Waals surface area contributed by atoms with Gasteiger partial charge in [0.2, 0.25) is 0 Å². The number of ether oxygens (including phenoxy) is 1. The monoisotopic (exact) mass is 251 g/mol. The molecule has 0 radical (unpaired) electrons. The lowest BCUT2D eigenvalue weighted by Crippen LogP contribution is -2.41. The molecule has 3 rings (SSSR count). The first-order valence-electron chi connectivity index (χ1n) is 6.32. The third-order valence-corrected chi connectivity index (χ3v) is 4.70. The van der Waals surface area contributed by atoms with Gasteiger partial charge in [0.1, 0.15) is 0 Å². The van der Waals surface area contributed by atoms with Gasteiger partial charge in [0.25, 0.3) is 0 Å². The Morgan fingerprint density at radius 3 is 2.76 bits per heavy atom. The minimum atomic E-state index is 0.119. The highest BCUT2D eigenvalue weighted by Gasteiger charge is 2.51. The molecule has 0 aromatic heterocycles. The summed E-state index contributed by atoms with van der Waals surface area (Å²) in [5.74, 6) is 0. The summed E-state index contributed by atoms with van der Waals surface area (Å²) in [5, 5.41) is 0.850. The first kappa shape index (κ1) is 11.5. The van der Waals surface area contributed by atoms with E-state index in [0.29, 0.717) is 18.8 Å². The molecule has 2 bridgehead atoms. The number of halogens is 1. The molecule has 2 heterocycles. The predicted molar refractivity (Wildman–Crippen MR) is 69.2 cm³/mol. The summed E-state index contributed by atoms with van der Waals surface area (Å²) >= 11 is 6.24. The Balaban J connectivity index is 1.86. The number of hydrogen-bond acceptors (Lipinski definition) is 2. The lowest BCUT2D eigenvalue weighted by Gasteiger charge is -2.34. The molecular weight excluding hydrogens is 234 g/mol. The molecule has 2 saturated heterocycles. The lowest BCUT2D eigenvalue weighted by atomic mass is 9.70. The SMILES string of the molecule is NCC1(Cc2ccccc2Cl)CC2CCC1O2. The van der Waals surface area contributed by atoms with E-state index in [1.165, 1.54) is 12.0 Å². The molecule has 0 aliphatic carbocycles. The molecule has 2 fully saturated rings. The number of rotatable bonds is 3. The van der Waals surface area contributed by atoms with Crippen LogP contribution in [-0.2, 0) is 11.2 Å². The van der Waals surface area contributed by atoms with Crippen molar-refractivity contribution in [2.24, 2.45) is 11.1 Å². The van der Waals surface area contributed by atoms with Crippen molar-refractivity contribution in [1.29, 1.82) is 0 Å². The van der Waals surface area contributed by atoms with E-state index < -0.39 is 0 Å². The van der Waals surface area contributed by atoms with Crippen molar-refractivity contribution in [1.82, 2.24) is 0 Å². The maximum atomic E-state index is 6.24. The van der Waals surface area contributed by atoms with Gasteiger partial charge in [-0.15, -0.1) is 0 Å². The van der Waals surface area contributed by atoms with Crippen LogP contribution in [-0.4, -0.2) is 18.8 Å². The molecule has 2 aliphatic rings. The van der Waals surface area contributed by atoms with Gasteiger partial charge >= 0.3 is 0 Å². The Hall–Kier alpha value is -0.570. The van der Waals surface area contributed by atoms with E-state index in [2.05, 4.69) is 6.07 Å². The second-order valence-corrected chi connectivity index (χ2v) is 5.77. The van der Waals surface area contributed by atoms with Crippen LogP contribution in [0.1, 0.15) is 24.8 Å². The topological polar surface area (TPSA) is 35.2 Å². The fraction of sp³-hybridized carbons (Fsp3) is 0.571. The summed E-state index contributed by atoms with van der Waals surface area (Å²) in [5.41, 5.74) is 7.35. The van der Waals surface area contributed by atoms with Crippen molar-refractivity contribution in [2.75, 3.05) is 6.54 Å². The van der Waals surface area contributed by atoms with Gasteiger partial charge < -0.3 is 10.5 Å². The van der Waals surface area contributed by atoms with E-state index in [1.54, 1.807) is 0 Å². The van der Waals surface area contributed by atoms with E-state index >= 15 is 0 Å². The van der Waals surface area contributed by atoms with E-state index in [9.17, 15) is 0 Å². The average Bonchev–Trinajstić information content (AvgIpc) is 2.93. The largest absolute Gasteiger partial charge is 0.374 e. The third-order valence-electron chi connectivity index (χ3n) is 4.33. The normalized spacial score (nSPS) is 35.4. The summed E-state index contributed by atoms with van der Waals surface area (Å²) in [6.07, 6.45) is 5.19. The Morgan fingerprint density at radius 2 is 2.18 bits per heavy atom. The fourth-order valence-electron chi connectivity index (χ4n) is 3.39. The van der Waals surface area contributed by atoms with Crippen LogP contribution in [0.5, 0.6) is 0 Å². The molecular formula is C14H18ClNO. The second-order valence-electron chi connectivity index (χ2n) is 5.36. The molecule has 2 aliphatic heterocycles. The van der Waals surface area contributed by atoms with Crippen molar-refractivity contribution in [2.45, 2.75) is 37.9 Å². The minimum Gasteiger partial charge on any atom is -0.374 e. The molecule has 92 valence electrons. The van der Waals surface area contributed by atoms with Crippen LogP contribution in [0.15, 0.2) is 24.3 Å². The van der Waals surface area contributed by atoms with Gasteiger partial charge in [-0.1, -0.05) is 29.8 Å². The first-order chi connectivity index (χ1) is 8.23. The highest BCUT2D eigenvalue weighted by Crippen LogP contribution is 2.49. The quantitative estimate of drug-likeness (QED) is 0.897. The van der Waals surface area contributed by atoms with Crippen LogP contribution in [0.4, 0.5) is 0 Å². The first-order valence-corrected chi connectivity index (χ1v) is 6.70. The third kappa shape index (κ3) is 1.88. The van der Waals surface area contributed by atoms with Gasteiger partial charge in [-0.25, -0.2) is 0 Å². The maximum absolute atomic E-state index is 6.24. The average molecular weight is 252 g/mol. The van der Waals surface area contributed by atoms with Gasteiger partial charge in [-0.3, -0.25) is 0 Å². The van der Waals surface area contributed by atoms with E-state index in [4.69, 9.17) is 22.1 Å². The van der Waals surface area contributed by atoms with Crippen molar-refractivity contribution >= 4 is 11.6 Å². The van der Waals surface area contributed by atoms with Crippen molar-refractivity contribution in [3.8, 4) is 0 Å². The minimum absolute atomic E-state index is 0.119. The standard InChI is InChI=1S/C14H18ClNO/c15-12-4-2-1-3-10(12)7-14(9-16)8-11-5-6-13(14)17-11/h1-4,11,13H,5-9,16H2. The molecule has 3 heteroatoms. The van der Waals surface area contributed by atoms with Crippen LogP contribution in [0, 0.1) is 5.41 Å². The maximum Gasteiger partial charge on any atom is 0.0652 e. The van der Waals surface area contributed by atoms with Crippen LogP contribution in [0.3, 0.4) is 0 Å². The predicted octanol–water partition coefficient (Wildman–Crippen LogP) is 2.78. The van der Waals surface area contributed by atoms with E-state index in [1.807, 2.05) is 18.2 Å². The Labute approximate surface area is 107 Å². The number of fused-ring (bicyclic) bond motifs is 2.